The summed E-state index contributed by atoms with van der Waals surface area (Å²) in [6, 6.07) is 10.0. The highest BCUT2D eigenvalue weighted by Crippen LogP contribution is 2.28. The Labute approximate surface area is 224 Å². The average molecular weight is 557 g/mol. The molecular weight excluding hydrogens is 521 g/mol. The van der Waals surface area contributed by atoms with Crippen LogP contribution in [-0.2, 0) is 26.2 Å². The SMILES string of the molecule is CCNC(=O)[C@H](CC)N(Cc1c(Cl)cccc1Cl)C(=O)CCCN(c1cc(C)ccc1C)S(C)(=O)=O. The molecule has 2 aromatic rings. The molecule has 1 atom stereocenters. The quantitative estimate of drug-likeness (QED) is 0.394. The Morgan fingerprint density at radius 2 is 1.69 bits per heavy atom. The van der Waals surface area contributed by atoms with Crippen molar-refractivity contribution in [3.63, 3.8) is 0 Å². The van der Waals surface area contributed by atoms with Crippen molar-refractivity contribution in [1.82, 2.24) is 10.2 Å². The van der Waals surface area contributed by atoms with E-state index in [4.69, 9.17) is 23.2 Å². The zero-order chi connectivity index (χ0) is 27.0. The molecule has 1 N–H and O–H groups in total. The number of benzene rings is 2. The zero-order valence-corrected chi connectivity index (χ0v) is 23.8. The van der Waals surface area contributed by atoms with Crippen LogP contribution in [0, 0.1) is 13.8 Å². The van der Waals surface area contributed by atoms with E-state index in [9.17, 15) is 18.0 Å². The lowest BCUT2D eigenvalue weighted by Crippen LogP contribution is -2.49. The van der Waals surface area contributed by atoms with Gasteiger partial charge in [0.1, 0.15) is 6.04 Å². The first-order valence-corrected chi connectivity index (χ1v) is 14.6. The van der Waals surface area contributed by atoms with Gasteiger partial charge in [-0.15, -0.1) is 0 Å². The van der Waals surface area contributed by atoms with Crippen LogP contribution in [0.25, 0.3) is 0 Å². The lowest BCUT2D eigenvalue weighted by atomic mass is 10.1. The molecule has 198 valence electrons. The molecule has 0 bridgehead atoms. The number of amides is 2. The predicted octanol–water partition coefficient (Wildman–Crippen LogP) is 5.10. The van der Waals surface area contributed by atoms with Gasteiger partial charge in [-0.05, 0) is 62.9 Å². The first-order valence-electron chi connectivity index (χ1n) is 12.0. The van der Waals surface area contributed by atoms with E-state index in [1.165, 1.54) is 9.21 Å². The lowest BCUT2D eigenvalue weighted by molar-refractivity contribution is -0.141. The van der Waals surface area contributed by atoms with Gasteiger partial charge < -0.3 is 10.2 Å². The van der Waals surface area contributed by atoms with Gasteiger partial charge in [-0.1, -0.05) is 48.3 Å². The number of hydrogen-bond acceptors (Lipinski definition) is 4. The van der Waals surface area contributed by atoms with Crippen molar-refractivity contribution in [3.05, 3.63) is 63.1 Å². The summed E-state index contributed by atoms with van der Waals surface area (Å²) in [5.41, 5.74) is 2.92. The minimum absolute atomic E-state index is 0.0505. The maximum absolute atomic E-state index is 13.5. The van der Waals surface area contributed by atoms with Gasteiger partial charge >= 0.3 is 0 Å². The fourth-order valence-electron chi connectivity index (χ4n) is 4.04. The third kappa shape index (κ3) is 7.85. The molecule has 0 heterocycles. The van der Waals surface area contributed by atoms with Crippen molar-refractivity contribution >= 4 is 50.7 Å². The van der Waals surface area contributed by atoms with E-state index in [0.717, 1.165) is 17.4 Å². The van der Waals surface area contributed by atoms with Crippen molar-refractivity contribution in [2.24, 2.45) is 0 Å². The van der Waals surface area contributed by atoms with Gasteiger partial charge in [0.05, 0.1) is 11.9 Å². The van der Waals surface area contributed by atoms with Crippen LogP contribution in [0.4, 0.5) is 5.69 Å². The van der Waals surface area contributed by atoms with E-state index in [0.29, 0.717) is 34.3 Å². The molecule has 2 amide bonds. The highest BCUT2D eigenvalue weighted by atomic mass is 35.5. The number of carbonyl (C=O) groups excluding carboxylic acids is 2. The molecule has 0 spiro atoms. The van der Waals surface area contributed by atoms with Crippen LogP contribution >= 0.6 is 23.2 Å². The Morgan fingerprint density at radius 3 is 2.25 bits per heavy atom. The van der Waals surface area contributed by atoms with Gasteiger partial charge in [0.25, 0.3) is 0 Å². The molecule has 2 aromatic carbocycles. The smallest absolute Gasteiger partial charge is 0.242 e. The van der Waals surface area contributed by atoms with Crippen LogP contribution in [-0.4, -0.2) is 50.5 Å². The van der Waals surface area contributed by atoms with E-state index in [1.54, 1.807) is 18.2 Å². The zero-order valence-electron chi connectivity index (χ0n) is 21.5. The van der Waals surface area contributed by atoms with Gasteiger partial charge in [0, 0.05) is 41.7 Å². The minimum atomic E-state index is -3.57. The number of carbonyl (C=O) groups is 2. The summed E-state index contributed by atoms with van der Waals surface area (Å²) in [5, 5.41) is 3.60. The molecule has 2 rings (SSSR count). The Bertz CT molecular complexity index is 1170. The second-order valence-electron chi connectivity index (χ2n) is 8.77. The van der Waals surface area contributed by atoms with Crippen LogP contribution in [0.2, 0.25) is 10.0 Å². The van der Waals surface area contributed by atoms with Gasteiger partial charge in [-0.25, -0.2) is 8.42 Å². The number of halogens is 2. The molecule has 0 aromatic heterocycles. The van der Waals surface area contributed by atoms with Crippen LogP contribution in [0.15, 0.2) is 36.4 Å². The number of nitrogens with zero attached hydrogens (tertiary/aromatic N) is 2. The van der Waals surface area contributed by atoms with Crippen LogP contribution in [0.1, 0.15) is 49.8 Å². The number of nitrogens with one attached hydrogen (secondary N) is 1. The third-order valence-corrected chi connectivity index (χ3v) is 7.80. The Morgan fingerprint density at radius 1 is 1.06 bits per heavy atom. The largest absolute Gasteiger partial charge is 0.355 e. The number of hydrogen-bond donors (Lipinski definition) is 1. The molecule has 0 aliphatic heterocycles. The average Bonchev–Trinajstić information content (AvgIpc) is 2.79. The van der Waals surface area contributed by atoms with E-state index in [1.807, 2.05) is 45.9 Å². The van der Waals surface area contributed by atoms with Gasteiger partial charge in [-0.2, -0.15) is 0 Å². The van der Waals surface area contributed by atoms with E-state index in [2.05, 4.69) is 5.32 Å². The van der Waals surface area contributed by atoms with Gasteiger partial charge in [0.2, 0.25) is 21.8 Å². The van der Waals surface area contributed by atoms with E-state index >= 15 is 0 Å². The Hall–Kier alpha value is -2.29. The summed E-state index contributed by atoms with van der Waals surface area (Å²) in [5.74, 6) is -0.539. The molecule has 0 fully saturated rings. The van der Waals surface area contributed by atoms with Crippen molar-refractivity contribution in [2.45, 2.75) is 59.5 Å². The van der Waals surface area contributed by atoms with Gasteiger partial charge in [-0.3, -0.25) is 13.9 Å². The predicted molar refractivity (Wildman–Crippen MR) is 147 cm³/mol. The Kier molecular flexibility index (Phi) is 11.1. The molecule has 0 aliphatic rings. The van der Waals surface area contributed by atoms with Crippen LogP contribution < -0.4 is 9.62 Å². The minimum Gasteiger partial charge on any atom is -0.355 e. The summed E-state index contributed by atoms with van der Waals surface area (Å²) in [4.78, 5) is 27.7. The monoisotopic (exact) mass is 555 g/mol. The van der Waals surface area contributed by atoms with Crippen molar-refractivity contribution in [3.8, 4) is 0 Å². The summed E-state index contributed by atoms with van der Waals surface area (Å²) in [7, 11) is -3.57. The van der Waals surface area contributed by atoms with Crippen LogP contribution in [0.3, 0.4) is 0 Å². The highest BCUT2D eigenvalue weighted by molar-refractivity contribution is 7.92. The Balaban J connectivity index is 2.29. The number of likely N-dealkylation sites (N-methyl/N-ethyl adjacent to an activating group) is 1. The summed E-state index contributed by atoms with van der Waals surface area (Å²) in [6.07, 6.45) is 1.88. The molecule has 0 saturated carbocycles. The first kappa shape index (κ1) is 29.9. The van der Waals surface area contributed by atoms with E-state index < -0.39 is 16.1 Å². The normalized spacial score (nSPS) is 12.2. The second kappa shape index (κ2) is 13.3. The van der Waals surface area contributed by atoms with Crippen molar-refractivity contribution in [2.75, 3.05) is 23.7 Å². The maximum atomic E-state index is 13.5. The second-order valence-corrected chi connectivity index (χ2v) is 11.5. The number of rotatable bonds is 12. The molecule has 0 aliphatic carbocycles. The van der Waals surface area contributed by atoms with Crippen molar-refractivity contribution < 1.29 is 18.0 Å². The highest BCUT2D eigenvalue weighted by Gasteiger charge is 2.29. The summed E-state index contributed by atoms with van der Waals surface area (Å²) < 4.78 is 26.5. The molecule has 0 saturated heterocycles. The summed E-state index contributed by atoms with van der Waals surface area (Å²) in [6.45, 7) is 8.04. The fourth-order valence-corrected chi connectivity index (χ4v) is 5.57. The standard InChI is InChI=1S/C26H35Cl2N3O4S/c1-6-23(26(33)29-7-2)30(17-20-21(27)10-8-11-22(20)28)25(32)12-9-15-31(36(5,34)35)24-16-18(3)13-14-19(24)4/h8,10-11,13-14,16,23H,6-7,9,12,15,17H2,1-5H3,(H,29,33)/t23-/m0/s1. The molecule has 36 heavy (non-hydrogen) atoms. The molecule has 0 radical (unpaired) electrons. The third-order valence-electron chi connectivity index (χ3n) is 5.91. The van der Waals surface area contributed by atoms with Gasteiger partial charge in [0.15, 0.2) is 0 Å². The topological polar surface area (TPSA) is 86.8 Å². The van der Waals surface area contributed by atoms with E-state index in [-0.39, 0.29) is 37.7 Å². The maximum Gasteiger partial charge on any atom is 0.242 e. The molecule has 0 unspecified atom stereocenters. The van der Waals surface area contributed by atoms with Crippen molar-refractivity contribution in [1.29, 1.82) is 0 Å². The van der Waals surface area contributed by atoms with Crippen LogP contribution in [0.5, 0.6) is 0 Å². The summed E-state index contributed by atoms with van der Waals surface area (Å²) >= 11 is 12.7. The number of sulfonamides is 1. The molecule has 7 nitrogen and oxygen atoms in total. The molecular formula is C26H35Cl2N3O4S. The molecule has 10 heteroatoms. The number of anilines is 1. The number of aryl methyl sites for hydroxylation is 2. The fraction of sp³-hybridized carbons (Fsp3) is 0.462. The first-order chi connectivity index (χ1) is 16.9. The lowest BCUT2D eigenvalue weighted by Gasteiger charge is -2.31.